The standard InChI is InChI=1S/C10H15N3OS2/c14-9(5-8-7-15-3-1-11-8)13-6-10-12-2-4-16-10/h2,4,8,11H,1,3,5-7H2,(H,13,14). The number of nitrogens with one attached hydrogen (secondary N) is 2. The van der Waals surface area contributed by atoms with Crippen molar-refractivity contribution in [3.05, 3.63) is 16.6 Å². The van der Waals surface area contributed by atoms with E-state index >= 15 is 0 Å². The minimum absolute atomic E-state index is 0.107. The predicted octanol–water partition coefficient (Wildman–Crippen LogP) is 0.854. The Hall–Kier alpha value is -0.590. The van der Waals surface area contributed by atoms with Crippen molar-refractivity contribution >= 4 is 29.0 Å². The smallest absolute Gasteiger partial charge is 0.221 e. The van der Waals surface area contributed by atoms with E-state index in [-0.39, 0.29) is 5.91 Å². The highest BCUT2D eigenvalue weighted by molar-refractivity contribution is 7.99. The molecule has 0 aliphatic carbocycles. The Morgan fingerprint density at radius 3 is 3.31 bits per heavy atom. The number of aromatic nitrogens is 1. The number of thioether (sulfide) groups is 1. The minimum Gasteiger partial charge on any atom is -0.350 e. The summed E-state index contributed by atoms with van der Waals surface area (Å²) < 4.78 is 0. The fourth-order valence-corrected chi connectivity index (χ4v) is 3.07. The molecule has 88 valence electrons. The Morgan fingerprint density at radius 1 is 1.69 bits per heavy atom. The second kappa shape index (κ2) is 6.22. The van der Waals surface area contributed by atoms with E-state index in [1.54, 1.807) is 17.5 Å². The van der Waals surface area contributed by atoms with Gasteiger partial charge in [0, 0.05) is 42.1 Å². The van der Waals surface area contributed by atoms with Crippen LogP contribution in [0.2, 0.25) is 0 Å². The normalized spacial score (nSPS) is 20.6. The number of carbonyl (C=O) groups excluding carboxylic acids is 1. The molecule has 1 saturated heterocycles. The molecular formula is C10H15N3OS2. The molecule has 0 bridgehead atoms. The van der Waals surface area contributed by atoms with E-state index in [4.69, 9.17) is 0 Å². The third-order valence-electron chi connectivity index (χ3n) is 2.35. The van der Waals surface area contributed by atoms with Gasteiger partial charge in [-0.05, 0) is 0 Å². The van der Waals surface area contributed by atoms with E-state index in [1.165, 1.54) is 0 Å². The lowest BCUT2D eigenvalue weighted by atomic mass is 10.2. The van der Waals surface area contributed by atoms with Crippen molar-refractivity contribution in [3.63, 3.8) is 0 Å². The van der Waals surface area contributed by atoms with E-state index in [0.717, 1.165) is 23.1 Å². The highest BCUT2D eigenvalue weighted by Crippen LogP contribution is 2.10. The van der Waals surface area contributed by atoms with E-state index in [9.17, 15) is 4.79 Å². The summed E-state index contributed by atoms with van der Waals surface area (Å²) in [5.74, 6) is 2.29. The van der Waals surface area contributed by atoms with Crippen LogP contribution in [0.3, 0.4) is 0 Å². The lowest BCUT2D eigenvalue weighted by Gasteiger charge is -2.22. The fraction of sp³-hybridized carbons (Fsp3) is 0.600. The number of amides is 1. The molecular weight excluding hydrogens is 242 g/mol. The first-order valence-corrected chi connectivity index (χ1v) is 7.34. The average Bonchev–Trinajstić information content (AvgIpc) is 2.81. The van der Waals surface area contributed by atoms with Crippen LogP contribution in [-0.2, 0) is 11.3 Å². The molecule has 1 aromatic heterocycles. The number of hydrogen-bond donors (Lipinski definition) is 2. The van der Waals surface area contributed by atoms with Crippen LogP contribution in [0, 0.1) is 0 Å². The molecule has 0 saturated carbocycles. The first-order valence-electron chi connectivity index (χ1n) is 5.31. The summed E-state index contributed by atoms with van der Waals surface area (Å²) in [6.45, 7) is 1.56. The number of nitrogens with zero attached hydrogens (tertiary/aromatic N) is 1. The molecule has 2 N–H and O–H groups in total. The van der Waals surface area contributed by atoms with Crippen LogP contribution in [0.25, 0.3) is 0 Å². The number of hydrogen-bond acceptors (Lipinski definition) is 5. The van der Waals surface area contributed by atoms with Crippen LogP contribution in [-0.4, -0.2) is 35.0 Å². The molecule has 4 nitrogen and oxygen atoms in total. The Bertz CT molecular complexity index is 323. The predicted molar refractivity (Wildman–Crippen MR) is 67.7 cm³/mol. The van der Waals surface area contributed by atoms with Crippen molar-refractivity contribution in [3.8, 4) is 0 Å². The molecule has 6 heteroatoms. The Kier molecular flexibility index (Phi) is 4.62. The number of rotatable bonds is 4. The maximum Gasteiger partial charge on any atom is 0.221 e. The minimum atomic E-state index is 0.107. The van der Waals surface area contributed by atoms with E-state index < -0.39 is 0 Å². The first-order chi connectivity index (χ1) is 7.84. The SMILES string of the molecule is O=C(CC1CSCCN1)NCc1nccs1. The van der Waals surface area contributed by atoms with Crippen LogP contribution in [0.15, 0.2) is 11.6 Å². The van der Waals surface area contributed by atoms with E-state index in [2.05, 4.69) is 15.6 Å². The van der Waals surface area contributed by atoms with Gasteiger partial charge in [0.05, 0.1) is 6.54 Å². The van der Waals surface area contributed by atoms with Gasteiger partial charge in [0.2, 0.25) is 5.91 Å². The molecule has 1 fully saturated rings. The van der Waals surface area contributed by atoms with Crippen LogP contribution in [0.4, 0.5) is 0 Å². The van der Waals surface area contributed by atoms with Gasteiger partial charge in [-0.25, -0.2) is 4.98 Å². The molecule has 1 unspecified atom stereocenters. The van der Waals surface area contributed by atoms with Crippen molar-refractivity contribution in [1.82, 2.24) is 15.6 Å². The van der Waals surface area contributed by atoms with Crippen LogP contribution >= 0.6 is 23.1 Å². The maximum absolute atomic E-state index is 11.6. The van der Waals surface area contributed by atoms with Crippen molar-refractivity contribution in [2.45, 2.75) is 19.0 Å². The third kappa shape index (κ3) is 3.77. The summed E-state index contributed by atoms with van der Waals surface area (Å²) >= 11 is 3.47. The summed E-state index contributed by atoms with van der Waals surface area (Å²) in [5, 5.41) is 9.12. The van der Waals surface area contributed by atoms with Crippen LogP contribution in [0.1, 0.15) is 11.4 Å². The second-order valence-electron chi connectivity index (χ2n) is 3.63. The van der Waals surface area contributed by atoms with Gasteiger partial charge in [-0.2, -0.15) is 11.8 Å². The van der Waals surface area contributed by atoms with E-state index in [1.807, 2.05) is 17.1 Å². The van der Waals surface area contributed by atoms with Crippen molar-refractivity contribution in [2.24, 2.45) is 0 Å². The average molecular weight is 257 g/mol. The molecule has 0 spiro atoms. The van der Waals surface area contributed by atoms with Gasteiger partial charge in [-0.3, -0.25) is 4.79 Å². The van der Waals surface area contributed by atoms with E-state index in [0.29, 0.717) is 19.0 Å². The molecule has 2 rings (SSSR count). The Balaban J connectivity index is 1.67. The summed E-state index contributed by atoms with van der Waals surface area (Å²) in [5.41, 5.74) is 0. The second-order valence-corrected chi connectivity index (χ2v) is 5.76. The molecule has 1 aliphatic heterocycles. The topological polar surface area (TPSA) is 54.0 Å². The highest BCUT2D eigenvalue weighted by Gasteiger charge is 2.16. The number of carbonyl (C=O) groups is 1. The summed E-state index contributed by atoms with van der Waals surface area (Å²) in [6.07, 6.45) is 2.32. The largest absolute Gasteiger partial charge is 0.350 e. The molecule has 1 amide bonds. The Morgan fingerprint density at radius 2 is 2.62 bits per heavy atom. The van der Waals surface area contributed by atoms with Gasteiger partial charge in [-0.1, -0.05) is 0 Å². The Labute approximate surface area is 103 Å². The summed E-state index contributed by atoms with van der Waals surface area (Å²) in [7, 11) is 0. The third-order valence-corrected chi connectivity index (χ3v) is 4.26. The number of thiazole rings is 1. The maximum atomic E-state index is 11.6. The fourth-order valence-electron chi connectivity index (χ4n) is 1.56. The highest BCUT2D eigenvalue weighted by atomic mass is 32.2. The van der Waals surface area contributed by atoms with Gasteiger partial charge in [0.15, 0.2) is 0 Å². The quantitative estimate of drug-likeness (QED) is 0.840. The van der Waals surface area contributed by atoms with Crippen LogP contribution in [0.5, 0.6) is 0 Å². The zero-order valence-electron chi connectivity index (χ0n) is 8.94. The summed E-state index contributed by atoms with van der Waals surface area (Å²) in [4.78, 5) is 15.7. The first kappa shape index (κ1) is 11.9. The lowest BCUT2D eigenvalue weighted by Crippen LogP contribution is -2.41. The molecule has 1 atom stereocenters. The zero-order chi connectivity index (χ0) is 11.2. The van der Waals surface area contributed by atoms with Gasteiger partial charge < -0.3 is 10.6 Å². The molecule has 2 heterocycles. The zero-order valence-corrected chi connectivity index (χ0v) is 10.6. The van der Waals surface area contributed by atoms with Gasteiger partial charge in [0.1, 0.15) is 5.01 Å². The molecule has 0 aromatic carbocycles. The van der Waals surface area contributed by atoms with Gasteiger partial charge in [-0.15, -0.1) is 11.3 Å². The van der Waals surface area contributed by atoms with Crippen LogP contribution < -0.4 is 10.6 Å². The lowest BCUT2D eigenvalue weighted by molar-refractivity contribution is -0.121. The molecule has 1 aromatic rings. The van der Waals surface area contributed by atoms with Gasteiger partial charge in [0.25, 0.3) is 0 Å². The molecule has 1 aliphatic rings. The summed E-state index contributed by atoms with van der Waals surface area (Å²) in [6, 6.07) is 0.329. The van der Waals surface area contributed by atoms with Crippen molar-refractivity contribution in [2.75, 3.05) is 18.1 Å². The monoisotopic (exact) mass is 257 g/mol. The molecule has 16 heavy (non-hydrogen) atoms. The van der Waals surface area contributed by atoms with Gasteiger partial charge >= 0.3 is 0 Å². The molecule has 0 radical (unpaired) electrons. The van der Waals surface area contributed by atoms with Crippen molar-refractivity contribution < 1.29 is 4.79 Å². The van der Waals surface area contributed by atoms with Crippen molar-refractivity contribution in [1.29, 1.82) is 0 Å².